The summed E-state index contributed by atoms with van der Waals surface area (Å²) in [6, 6.07) is 2.38. The molecule has 0 bridgehead atoms. The van der Waals surface area contributed by atoms with Gasteiger partial charge in [-0.2, -0.15) is 0 Å². The Balaban J connectivity index is 1.88. The quantitative estimate of drug-likeness (QED) is 0.906. The monoisotopic (exact) mass is 285 g/mol. The molecule has 0 fully saturated rings. The number of rotatable bonds is 4. The van der Waals surface area contributed by atoms with Crippen LogP contribution in [-0.2, 0) is 6.54 Å². The highest BCUT2D eigenvalue weighted by atomic mass is 79.9. The molecule has 2 N–H and O–H groups in total. The van der Waals surface area contributed by atoms with Crippen molar-refractivity contribution in [3.8, 4) is 0 Å². The lowest BCUT2D eigenvalue weighted by molar-refractivity contribution is 0.554. The van der Waals surface area contributed by atoms with Crippen molar-refractivity contribution >= 4 is 27.3 Å². The van der Waals surface area contributed by atoms with Gasteiger partial charge in [-0.1, -0.05) is 0 Å². The molecule has 80 valence electrons. The highest BCUT2D eigenvalue weighted by Crippen LogP contribution is 2.20. The minimum absolute atomic E-state index is 0.251. The molecule has 2 rings (SSSR count). The largest absolute Gasteiger partial charge is 0.347 e. The van der Waals surface area contributed by atoms with Crippen LogP contribution in [0.25, 0.3) is 0 Å². The Morgan fingerprint density at radius 1 is 1.67 bits per heavy atom. The van der Waals surface area contributed by atoms with Crippen LogP contribution in [-0.4, -0.2) is 9.97 Å². The molecule has 0 aliphatic heterocycles. The van der Waals surface area contributed by atoms with Crippen LogP contribution in [0.2, 0.25) is 0 Å². The number of halogens is 1. The SMILES string of the molecule is CC(NCc1cc(Br)cs1)c1ncc[nH]1. The molecular formula is C10H12BrN3S. The van der Waals surface area contributed by atoms with Crippen molar-refractivity contribution in [1.82, 2.24) is 15.3 Å². The van der Waals surface area contributed by atoms with E-state index in [2.05, 4.69) is 49.6 Å². The lowest BCUT2D eigenvalue weighted by Gasteiger charge is -2.09. The predicted molar refractivity (Wildman–Crippen MR) is 65.9 cm³/mol. The van der Waals surface area contributed by atoms with E-state index in [9.17, 15) is 0 Å². The smallest absolute Gasteiger partial charge is 0.122 e. The van der Waals surface area contributed by atoms with E-state index in [-0.39, 0.29) is 6.04 Å². The standard InChI is InChI=1S/C10H12BrN3S/c1-7(10-12-2-3-13-10)14-5-9-4-8(11)6-15-9/h2-4,6-7,14H,5H2,1H3,(H,12,13). The summed E-state index contributed by atoms with van der Waals surface area (Å²) in [6.07, 6.45) is 3.62. The third kappa shape index (κ3) is 2.90. The van der Waals surface area contributed by atoms with Crippen molar-refractivity contribution in [3.05, 3.63) is 39.0 Å². The van der Waals surface area contributed by atoms with Gasteiger partial charge in [0.25, 0.3) is 0 Å². The third-order valence-electron chi connectivity index (χ3n) is 2.13. The van der Waals surface area contributed by atoms with Crippen LogP contribution in [0, 0.1) is 0 Å². The number of nitrogens with zero attached hydrogens (tertiary/aromatic N) is 1. The average molecular weight is 286 g/mol. The molecule has 2 heterocycles. The Labute approximate surface area is 101 Å². The second kappa shape index (κ2) is 4.92. The summed E-state index contributed by atoms with van der Waals surface area (Å²) in [5.74, 6) is 0.977. The molecule has 15 heavy (non-hydrogen) atoms. The van der Waals surface area contributed by atoms with Crippen molar-refractivity contribution in [2.45, 2.75) is 19.5 Å². The maximum Gasteiger partial charge on any atom is 0.122 e. The normalized spacial score (nSPS) is 12.9. The Bertz CT molecular complexity index is 410. The molecule has 0 aliphatic rings. The van der Waals surface area contributed by atoms with Crippen LogP contribution in [0.4, 0.5) is 0 Å². The molecule has 0 radical (unpaired) electrons. The molecule has 2 aromatic heterocycles. The molecular weight excluding hydrogens is 274 g/mol. The van der Waals surface area contributed by atoms with Gasteiger partial charge in [-0.3, -0.25) is 0 Å². The molecule has 0 spiro atoms. The zero-order chi connectivity index (χ0) is 10.7. The molecule has 2 aromatic rings. The summed E-state index contributed by atoms with van der Waals surface area (Å²) >= 11 is 5.19. The zero-order valence-corrected chi connectivity index (χ0v) is 10.7. The fraction of sp³-hybridized carbons (Fsp3) is 0.300. The number of hydrogen-bond acceptors (Lipinski definition) is 3. The number of aromatic amines is 1. The van der Waals surface area contributed by atoms with Crippen LogP contribution in [0.1, 0.15) is 23.7 Å². The van der Waals surface area contributed by atoms with Crippen molar-refractivity contribution in [2.75, 3.05) is 0 Å². The van der Waals surface area contributed by atoms with Gasteiger partial charge in [0, 0.05) is 33.7 Å². The number of thiophene rings is 1. The van der Waals surface area contributed by atoms with E-state index in [0.717, 1.165) is 16.8 Å². The lowest BCUT2D eigenvalue weighted by Crippen LogP contribution is -2.18. The minimum Gasteiger partial charge on any atom is -0.347 e. The van der Waals surface area contributed by atoms with Gasteiger partial charge >= 0.3 is 0 Å². The highest BCUT2D eigenvalue weighted by Gasteiger charge is 2.07. The predicted octanol–water partition coefficient (Wildman–Crippen LogP) is 3.08. The first-order chi connectivity index (χ1) is 7.25. The topological polar surface area (TPSA) is 40.7 Å². The van der Waals surface area contributed by atoms with Crippen LogP contribution in [0.5, 0.6) is 0 Å². The van der Waals surface area contributed by atoms with E-state index < -0.39 is 0 Å². The van der Waals surface area contributed by atoms with E-state index in [4.69, 9.17) is 0 Å². The molecule has 3 nitrogen and oxygen atoms in total. The van der Waals surface area contributed by atoms with Gasteiger partial charge in [-0.05, 0) is 28.9 Å². The molecule has 0 aliphatic carbocycles. The van der Waals surface area contributed by atoms with Crippen LogP contribution in [0.15, 0.2) is 28.3 Å². The number of hydrogen-bond donors (Lipinski definition) is 2. The van der Waals surface area contributed by atoms with Crippen molar-refractivity contribution in [1.29, 1.82) is 0 Å². The van der Waals surface area contributed by atoms with Crippen LogP contribution >= 0.6 is 27.3 Å². The Kier molecular flexibility index (Phi) is 3.56. The number of aromatic nitrogens is 2. The van der Waals surface area contributed by atoms with E-state index in [0.29, 0.717) is 0 Å². The van der Waals surface area contributed by atoms with E-state index in [1.165, 1.54) is 4.88 Å². The van der Waals surface area contributed by atoms with Gasteiger partial charge in [0.15, 0.2) is 0 Å². The van der Waals surface area contributed by atoms with Crippen molar-refractivity contribution in [3.63, 3.8) is 0 Å². The second-order valence-corrected chi connectivity index (χ2v) is 5.22. The summed E-state index contributed by atoms with van der Waals surface area (Å²) in [6.45, 7) is 2.97. The Hall–Kier alpha value is -0.650. The van der Waals surface area contributed by atoms with Gasteiger partial charge in [-0.25, -0.2) is 4.98 Å². The van der Waals surface area contributed by atoms with Gasteiger partial charge in [-0.15, -0.1) is 11.3 Å². The summed E-state index contributed by atoms with van der Waals surface area (Å²) < 4.78 is 1.15. The maximum atomic E-state index is 4.21. The average Bonchev–Trinajstić information content (AvgIpc) is 2.84. The first-order valence-electron chi connectivity index (χ1n) is 4.71. The molecule has 1 unspecified atom stereocenters. The van der Waals surface area contributed by atoms with Gasteiger partial charge in [0.05, 0.1) is 6.04 Å². The Morgan fingerprint density at radius 3 is 3.13 bits per heavy atom. The first kappa shape index (κ1) is 10.9. The van der Waals surface area contributed by atoms with Crippen molar-refractivity contribution < 1.29 is 0 Å². The number of imidazole rings is 1. The fourth-order valence-electron chi connectivity index (χ4n) is 1.31. The van der Waals surface area contributed by atoms with Crippen LogP contribution in [0.3, 0.4) is 0 Å². The molecule has 0 saturated heterocycles. The maximum absolute atomic E-state index is 4.21. The summed E-state index contributed by atoms with van der Waals surface area (Å²) in [4.78, 5) is 8.63. The second-order valence-electron chi connectivity index (χ2n) is 3.31. The minimum atomic E-state index is 0.251. The van der Waals surface area contributed by atoms with E-state index >= 15 is 0 Å². The highest BCUT2D eigenvalue weighted by molar-refractivity contribution is 9.10. The summed E-state index contributed by atoms with van der Waals surface area (Å²) in [7, 11) is 0. The zero-order valence-electron chi connectivity index (χ0n) is 8.33. The van der Waals surface area contributed by atoms with Gasteiger partial charge < -0.3 is 10.3 Å². The molecule has 0 amide bonds. The van der Waals surface area contributed by atoms with Crippen LogP contribution < -0.4 is 5.32 Å². The Morgan fingerprint density at radius 2 is 2.53 bits per heavy atom. The van der Waals surface area contributed by atoms with E-state index in [1.54, 1.807) is 17.5 Å². The number of nitrogens with one attached hydrogen (secondary N) is 2. The molecule has 0 saturated carbocycles. The third-order valence-corrected chi connectivity index (χ3v) is 3.83. The summed E-state index contributed by atoms with van der Waals surface area (Å²) in [5.41, 5.74) is 0. The van der Waals surface area contributed by atoms with E-state index in [1.807, 2.05) is 6.20 Å². The molecule has 1 atom stereocenters. The molecule has 5 heteroatoms. The van der Waals surface area contributed by atoms with Crippen molar-refractivity contribution in [2.24, 2.45) is 0 Å². The van der Waals surface area contributed by atoms with Gasteiger partial charge in [0.2, 0.25) is 0 Å². The van der Waals surface area contributed by atoms with Gasteiger partial charge in [0.1, 0.15) is 5.82 Å². The molecule has 0 aromatic carbocycles. The first-order valence-corrected chi connectivity index (χ1v) is 6.38. The summed E-state index contributed by atoms with van der Waals surface area (Å²) in [5, 5.41) is 5.50. The number of H-pyrrole nitrogens is 1. The lowest BCUT2D eigenvalue weighted by atomic mass is 10.3. The fourth-order valence-corrected chi connectivity index (χ4v) is 2.71.